The lowest BCUT2D eigenvalue weighted by Gasteiger charge is -2.34. The predicted molar refractivity (Wildman–Crippen MR) is 83.0 cm³/mol. The zero-order valence-electron chi connectivity index (χ0n) is 13.3. The van der Waals surface area contributed by atoms with Gasteiger partial charge in [0.05, 0.1) is 14.2 Å². The molecule has 1 saturated carbocycles. The molecular formula is C17H25NO3. The maximum Gasteiger partial charge on any atom is 0.251 e. The zero-order chi connectivity index (χ0) is 15.4. The summed E-state index contributed by atoms with van der Waals surface area (Å²) in [4.78, 5) is 12.4. The Morgan fingerprint density at radius 3 is 2.52 bits per heavy atom. The summed E-state index contributed by atoms with van der Waals surface area (Å²) in [6.45, 7) is 4.49. The zero-order valence-corrected chi connectivity index (χ0v) is 13.3. The largest absolute Gasteiger partial charge is 0.493 e. The summed E-state index contributed by atoms with van der Waals surface area (Å²) >= 11 is 0. The second kappa shape index (κ2) is 6.83. The Morgan fingerprint density at radius 1 is 1.14 bits per heavy atom. The van der Waals surface area contributed by atoms with E-state index in [-0.39, 0.29) is 11.9 Å². The Kier molecular flexibility index (Phi) is 5.10. The number of rotatable bonds is 4. The third-order valence-electron chi connectivity index (χ3n) is 4.67. The van der Waals surface area contributed by atoms with Crippen LogP contribution in [0.25, 0.3) is 0 Å². The third-order valence-corrected chi connectivity index (χ3v) is 4.67. The van der Waals surface area contributed by atoms with Gasteiger partial charge >= 0.3 is 0 Å². The standard InChI is InChI=1S/C17H25NO3/c1-11-6-5-7-14(12(11)2)18-17(19)13-8-9-15(20-3)16(10-13)21-4/h8-12,14H,5-7H2,1-4H3,(H,18,19). The molecule has 0 radical (unpaired) electrons. The molecule has 1 fully saturated rings. The van der Waals surface area contributed by atoms with E-state index >= 15 is 0 Å². The van der Waals surface area contributed by atoms with E-state index in [2.05, 4.69) is 19.2 Å². The topological polar surface area (TPSA) is 47.6 Å². The van der Waals surface area contributed by atoms with Crippen LogP contribution in [0, 0.1) is 11.8 Å². The van der Waals surface area contributed by atoms with Gasteiger partial charge in [-0.25, -0.2) is 0 Å². The molecule has 1 aliphatic carbocycles. The first-order valence-corrected chi connectivity index (χ1v) is 7.59. The highest BCUT2D eigenvalue weighted by Gasteiger charge is 2.28. The van der Waals surface area contributed by atoms with Crippen LogP contribution in [0.5, 0.6) is 11.5 Å². The van der Waals surface area contributed by atoms with E-state index < -0.39 is 0 Å². The summed E-state index contributed by atoms with van der Waals surface area (Å²) in [6.07, 6.45) is 3.50. The van der Waals surface area contributed by atoms with Crippen LogP contribution in [0.4, 0.5) is 0 Å². The van der Waals surface area contributed by atoms with Crippen LogP contribution in [-0.4, -0.2) is 26.2 Å². The van der Waals surface area contributed by atoms with E-state index in [4.69, 9.17) is 9.47 Å². The number of methoxy groups -OCH3 is 2. The number of benzene rings is 1. The van der Waals surface area contributed by atoms with E-state index in [1.54, 1.807) is 32.4 Å². The molecule has 0 spiro atoms. The minimum Gasteiger partial charge on any atom is -0.493 e. The Morgan fingerprint density at radius 2 is 1.86 bits per heavy atom. The highest BCUT2D eigenvalue weighted by atomic mass is 16.5. The molecule has 2 rings (SSSR count). The van der Waals surface area contributed by atoms with Crippen LogP contribution in [0.1, 0.15) is 43.5 Å². The van der Waals surface area contributed by atoms with Crippen molar-refractivity contribution in [1.29, 1.82) is 0 Å². The quantitative estimate of drug-likeness (QED) is 0.926. The first-order chi connectivity index (χ1) is 10.1. The third kappa shape index (κ3) is 3.49. The van der Waals surface area contributed by atoms with E-state index in [1.165, 1.54) is 12.8 Å². The Labute approximate surface area is 126 Å². The smallest absolute Gasteiger partial charge is 0.251 e. The lowest BCUT2D eigenvalue weighted by molar-refractivity contribution is 0.0890. The van der Waals surface area contributed by atoms with Crippen molar-refractivity contribution in [3.63, 3.8) is 0 Å². The summed E-state index contributed by atoms with van der Waals surface area (Å²) in [5.41, 5.74) is 0.609. The average molecular weight is 291 g/mol. The molecule has 21 heavy (non-hydrogen) atoms. The number of hydrogen-bond donors (Lipinski definition) is 1. The fourth-order valence-electron chi connectivity index (χ4n) is 3.01. The molecule has 0 saturated heterocycles. The van der Waals surface area contributed by atoms with Gasteiger partial charge < -0.3 is 14.8 Å². The van der Waals surface area contributed by atoms with Crippen molar-refractivity contribution in [1.82, 2.24) is 5.32 Å². The maximum atomic E-state index is 12.4. The molecule has 116 valence electrons. The highest BCUT2D eigenvalue weighted by Crippen LogP contribution is 2.30. The normalized spacial score (nSPS) is 25.2. The molecule has 4 heteroatoms. The lowest BCUT2D eigenvalue weighted by atomic mass is 9.78. The van der Waals surface area contributed by atoms with Crippen molar-refractivity contribution in [2.75, 3.05) is 14.2 Å². The van der Waals surface area contributed by atoms with Gasteiger partial charge in [0.15, 0.2) is 11.5 Å². The Hall–Kier alpha value is -1.71. The maximum absolute atomic E-state index is 12.4. The van der Waals surface area contributed by atoms with Crippen LogP contribution in [0.2, 0.25) is 0 Å². The minimum absolute atomic E-state index is 0.0399. The van der Waals surface area contributed by atoms with Crippen LogP contribution in [0.15, 0.2) is 18.2 Å². The fourth-order valence-corrected chi connectivity index (χ4v) is 3.01. The highest BCUT2D eigenvalue weighted by molar-refractivity contribution is 5.95. The molecule has 3 atom stereocenters. The van der Waals surface area contributed by atoms with Gasteiger partial charge in [0.1, 0.15) is 0 Å². The SMILES string of the molecule is COc1ccc(C(=O)NC2CCCC(C)C2C)cc1OC. The van der Waals surface area contributed by atoms with Crippen LogP contribution in [0.3, 0.4) is 0 Å². The van der Waals surface area contributed by atoms with Crippen molar-refractivity contribution in [3.05, 3.63) is 23.8 Å². The number of hydrogen-bond acceptors (Lipinski definition) is 3. The number of nitrogens with one attached hydrogen (secondary N) is 1. The van der Waals surface area contributed by atoms with Crippen LogP contribution < -0.4 is 14.8 Å². The van der Waals surface area contributed by atoms with Gasteiger partial charge in [-0.3, -0.25) is 4.79 Å². The summed E-state index contributed by atoms with van der Waals surface area (Å²) in [7, 11) is 3.16. The number of ether oxygens (including phenoxy) is 2. The molecule has 0 heterocycles. The van der Waals surface area contributed by atoms with Crippen molar-refractivity contribution in [2.45, 2.75) is 39.2 Å². The Bertz CT molecular complexity index is 501. The Balaban J connectivity index is 2.09. The molecular weight excluding hydrogens is 266 g/mol. The summed E-state index contributed by atoms with van der Waals surface area (Å²) in [6, 6.07) is 5.52. The summed E-state index contributed by atoms with van der Waals surface area (Å²) in [5, 5.41) is 3.17. The summed E-state index contributed by atoms with van der Waals surface area (Å²) in [5.74, 6) is 2.35. The van der Waals surface area contributed by atoms with Gasteiger partial charge in [0.25, 0.3) is 5.91 Å². The van der Waals surface area contributed by atoms with Gasteiger partial charge in [-0.15, -0.1) is 0 Å². The van der Waals surface area contributed by atoms with E-state index in [0.717, 1.165) is 6.42 Å². The van der Waals surface area contributed by atoms with Gasteiger partial charge in [-0.05, 0) is 36.5 Å². The lowest BCUT2D eigenvalue weighted by Crippen LogP contribution is -2.43. The number of carbonyl (C=O) groups excluding carboxylic acids is 1. The molecule has 1 N–H and O–H groups in total. The molecule has 1 amide bonds. The molecule has 1 aromatic rings. The molecule has 1 aliphatic rings. The number of amides is 1. The fraction of sp³-hybridized carbons (Fsp3) is 0.588. The molecule has 4 nitrogen and oxygen atoms in total. The monoisotopic (exact) mass is 291 g/mol. The number of carbonyl (C=O) groups is 1. The van der Waals surface area contributed by atoms with Gasteiger partial charge in [-0.1, -0.05) is 26.7 Å². The van der Waals surface area contributed by atoms with E-state index in [0.29, 0.717) is 28.9 Å². The van der Waals surface area contributed by atoms with Gasteiger partial charge in [0, 0.05) is 11.6 Å². The van der Waals surface area contributed by atoms with Crippen molar-refractivity contribution in [2.24, 2.45) is 11.8 Å². The molecule has 3 unspecified atom stereocenters. The van der Waals surface area contributed by atoms with Gasteiger partial charge in [0.2, 0.25) is 0 Å². The second-order valence-corrected chi connectivity index (χ2v) is 5.92. The molecule has 0 aliphatic heterocycles. The van der Waals surface area contributed by atoms with Crippen molar-refractivity contribution >= 4 is 5.91 Å². The van der Waals surface area contributed by atoms with E-state index in [9.17, 15) is 4.79 Å². The van der Waals surface area contributed by atoms with Crippen molar-refractivity contribution in [3.8, 4) is 11.5 Å². The second-order valence-electron chi connectivity index (χ2n) is 5.92. The summed E-state index contributed by atoms with van der Waals surface area (Å²) < 4.78 is 10.4. The first kappa shape index (κ1) is 15.7. The first-order valence-electron chi connectivity index (χ1n) is 7.59. The van der Waals surface area contributed by atoms with Crippen molar-refractivity contribution < 1.29 is 14.3 Å². The predicted octanol–water partition coefficient (Wildman–Crippen LogP) is 3.26. The average Bonchev–Trinajstić information content (AvgIpc) is 2.51. The molecule has 0 bridgehead atoms. The molecule has 1 aromatic carbocycles. The van der Waals surface area contributed by atoms with Crippen LogP contribution >= 0.6 is 0 Å². The van der Waals surface area contributed by atoms with E-state index in [1.807, 2.05) is 0 Å². The van der Waals surface area contributed by atoms with Crippen LogP contribution in [-0.2, 0) is 0 Å². The molecule has 0 aromatic heterocycles. The minimum atomic E-state index is -0.0399. The van der Waals surface area contributed by atoms with Gasteiger partial charge in [-0.2, -0.15) is 0 Å².